The molecule has 37 heteroatoms. The van der Waals surface area contributed by atoms with Crippen LogP contribution >= 0.6 is 0 Å². The number of rotatable bonds is 44. The Morgan fingerprint density at radius 1 is 0.654 bits per heavy atom. The van der Waals surface area contributed by atoms with Crippen molar-refractivity contribution in [3.05, 3.63) is 185 Å². The summed E-state index contributed by atoms with van der Waals surface area (Å²) in [6.45, 7) is 17.2. The summed E-state index contributed by atoms with van der Waals surface area (Å²) in [7, 11) is 1.49. The van der Waals surface area contributed by atoms with E-state index in [1.54, 1.807) is 142 Å². The number of hydrogen-bond acceptors (Lipinski definition) is 24. The number of aliphatic hydroxyl groups excluding tert-OH is 2. The second-order valence-electron chi connectivity index (χ2n) is 36.8. The Hall–Kier alpha value is -10.9. The molecular formula is C96H126AcN14O22. The number of ketones is 1. The van der Waals surface area contributed by atoms with Crippen LogP contribution in [0, 0.1) is 84.5 Å². The van der Waals surface area contributed by atoms with E-state index >= 15 is 9.59 Å². The van der Waals surface area contributed by atoms with Crippen LogP contribution in [0.15, 0.2) is 157 Å². The van der Waals surface area contributed by atoms with Gasteiger partial charge in [0.15, 0.2) is 5.78 Å². The molecule has 1 saturated heterocycles. The van der Waals surface area contributed by atoms with Gasteiger partial charge in [-0.2, -0.15) is 0 Å². The van der Waals surface area contributed by atoms with Crippen LogP contribution in [0.2, 0.25) is 0 Å². The van der Waals surface area contributed by atoms with Crippen molar-refractivity contribution < 1.29 is 151 Å². The fourth-order valence-corrected chi connectivity index (χ4v) is 18.3. The van der Waals surface area contributed by atoms with E-state index < -0.39 is 253 Å². The molecule has 6 aromatic rings. The Labute approximate surface area is 808 Å². The van der Waals surface area contributed by atoms with E-state index in [2.05, 4.69) is 62.8 Å². The van der Waals surface area contributed by atoms with E-state index in [1.807, 2.05) is 27.7 Å². The van der Waals surface area contributed by atoms with Gasteiger partial charge in [-0.1, -0.05) is 165 Å². The molecule has 0 spiro atoms. The van der Waals surface area contributed by atoms with E-state index in [1.165, 1.54) is 60.1 Å². The van der Waals surface area contributed by atoms with Crippen molar-refractivity contribution in [1.82, 2.24) is 62.8 Å². The number of nitrogens with two attached hydrogens (primary N) is 2. The minimum Gasteiger partial charge on any atom is -0.455 e. The van der Waals surface area contributed by atoms with Crippen molar-refractivity contribution in [3.8, 4) is 0 Å². The number of benzene rings is 4. The zero-order chi connectivity index (χ0) is 96.4. The van der Waals surface area contributed by atoms with Crippen molar-refractivity contribution in [2.45, 2.75) is 249 Å². The predicted molar refractivity (Wildman–Crippen MR) is 482 cm³/mol. The largest absolute Gasteiger partial charge is 0.455 e. The van der Waals surface area contributed by atoms with Gasteiger partial charge in [0.25, 0.3) is 0 Å². The zero-order valence-corrected chi connectivity index (χ0v) is 81.8. The molecule has 2 saturated carbocycles. The first-order valence-electron chi connectivity index (χ1n) is 44.8. The number of aromatic nitrogens is 3. The van der Waals surface area contributed by atoms with Gasteiger partial charge in [-0.05, 0) is 117 Å². The molecule has 1 aliphatic heterocycles. The Morgan fingerprint density at radius 2 is 1.26 bits per heavy atom. The number of H-pyrrole nitrogens is 2. The van der Waals surface area contributed by atoms with Gasteiger partial charge >= 0.3 is 17.9 Å². The van der Waals surface area contributed by atoms with E-state index in [4.69, 9.17) is 30.4 Å². The Bertz CT molecular complexity index is 5190. The molecular weight excluding hydrogens is 1930 g/mol. The van der Waals surface area contributed by atoms with Crippen LogP contribution in [-0.4, -0.2) is 228 Å². The van der Waals surface area contributed by atoms with Gasteiger partial charge in [-0.25, -0.2) is 14.6 Å². The number of likely N-dealkylation sites (N-methyl/N-ethyl adjacent to an activating group) is 1. The maximum Gasteiger partial charge on any atom is 0.350 e. The number of ether oxygens (including phenoxy) is 4. The maximum atomic E-state index is 15.3. The molecule has 10 amide bonds. The van der Waals surface area contributed by atoms with Crippen LogP contribution in [0.25, 0.3) is 10.9 Å². The van der Waals surface area contributed by atoms with E-state index in [9.17, 15) is 78.0 Å². The van der Waals surface area contributed by atoms with Crippen molar-refractivity contribution in [3.63, 3.8) is 0 Å². The zero-order valence-electron chi connectivity index (χ0n) is 77.0. The molecule has 133 heavy (non-hydrogen) atoms. The first kappa shape index (κ1) is 106. The van der Waals surface area contributed by atoms with Crippen LogP contribution in [0.1, 0.15) is 173 Å². The third-order valence-corrected chi connectivity index (χ3v) is 25.7. The van der Waals surface area contributed by atoms with Crippen molar-refractivity contribution in [2.24, 2.45) is 51.9 Å². The van der Waals surface area contributed by atoms with Gasteiger partial charge in [0.2, 0.25) is 65.2 Å². The number of hydrogen-bond donors (Lipinski definition) is 17. The molecule has 2 bridgehead atoms. The van der Waals surface area contributed by atoms with Gasteiger partial charge in [-0.15, -0.1) is 0 Å². The molecule has 3 fully saturated rings. The third kappa shape index (κ3) is 26.0. The predicted octanol–water partition coefficient (Wildman–Crippen LogP) is 3.24. The molecule has 0 unspecified atom stereocenters. The number of aliphatic hydroxyl groups is 4. The standard InChI is InChI=1S/C96H126N14O22.Ac/c1-51(2)39-59(84(98)118)35-36-61(40-52(3)4)105-88(122)68(43-62-47-100-50-103-62)107-74(114)48-102-90(124)77(53(5)6)110-85(119)55(8)104-87(121)67(42-60-46-101-64-32-23-22-31-63(60)64)109-86(120)65(37-38-72(97)112)108-89(123)66(41-56-25-16-13-17-26-56)106-73(113)33-24-34-75(115)131-80(78(99-12)57-27-18-14-19-28-57)92(126)130-69-45-96(128)83(132-91(125)58-29-20-15-21-30-58)81-94(11,70(111)44-71-95(81,127)49-129-71)82(117)79(116)76(54(69)7)93(96,9)10;/h13-23,25-32,35-36,46-47,50-53,55,59,61,65-71,77-81,83,99,101,111,116,127-128H,24,33-34,37-45,48-49H2,1-12H3,(H2,97,112)(H2,98,118)(H,100,103)(H,102,124)(H,104,121)(H,105,122)(H,106,113)(H,107,114)(H,108,123)(H,109,120)(H,110,119);/b36-35+;/t55-,59-,61+,65-,66+,67-,68-,69-,70-,71+,77-,78-,79+,80+,81-,83-,94+,95-,96+;/m0./s1. The number of imidazole rings is 1. The molecule has 10 rings (SSSR count). The number of aromatic amines is 2. The van der Waals surface area contributed by atoms with Crippen molar-refractivity contribution in [1.29, 1.82) is 0 Å². The monoisotopic (exact) mass is 2050 g/mol. The first-order chi connectivity index (χ1) is 62.5. The summed E-state index contributed by atoms with van der Waals surface area (Å²) in [5.74, 6) is -14.8. The number of carbonyl (C=O) groups excluding carboxylic acids is 14. The van der Waals surface area contributed by atoms with E-state index in [-0.39, 0.29) is 105 Å². The summed E-state index contributed by atoms with van der Waals surface area (Å²) in [6, 6.07) is 21.2. The number of para-hydroxylation sites is 1. The summed E-state index contributed by atoms with van der Waals surface area (Å²) in [4.78, 5) is 210. The Kier molecular flexibility index (Phi) is 37.3. The smallest absolute Gasteiger partial charge is 0.350 e. The summed E-state index contributed by atoms with van der Waals surface area (Å²) in [5, 5.41) is 76.1. The topological polar surface area (TPSA) is 562 Å². The molecule has 3 aliphatic carbocycles. The average molecular weight is 2060 g/mol. The van der Waals surface area contributed by atoms with Gasteiger partial charge in [0.1, 0.15) is 65.8 Å². The Morgan fingerprint density at radius 3 is 1.87 bits per heavy atom. The summed E-state index contributed by atoms with van der Waals surface area (Å²) in [6.07, 6.45) is -4.71. The molecule has 4 aromatic carbocycles. The molecule has 3 heterocycles. The number of carbonyl (C=O) groups is 14. The van der Waals surface area contributed by atoms with Crippen LogP contribution in [0.5, 0.6) is 0 Å². The van der Waals surface area contributed by atoms with Crippen LogP contribution in [0.3, 0.4) is 0 Å². The quantitative estimate of drug-likeness (QED) is 0.0148. The third-order valence-electron chi connectivity index (χ3n) is 25.7. The van der Waals surface area contributed by atoms with Crippen LogP contribution < -0.4 is 59.3 Å². The van der Waals surface area contributed by atoms with E-state index in [0.717, 1.165) is 0 Å². The number of Topliss-reactive ketones (excluding diaryl/α,β-unsaturated/α-hetero) is 1. The molecule has 1 radical (unpaired) electrons. The van der Waals surface area contributed by atoms with Gasteiger partial charge in [0, 0.05) is 136 Å². The van der Waals surface area contributed by atoms with Gasteiger partial charge in [-0.3, -0.25) is 57.5 Å². The maximum absolute atomic E-state index is 15.3. The number of esters is 3. The van der Waals surface area contributed by atoms with E-state index in [0.29, 0.717) is 46.1 Å². The number of nitrogens with zero attached hydrogens (tertiary/aromatic N) is 1. The molecule has 715 valence electrons. The molecule has 4 aliphatic rings. The van der Waals surface area contributed by atoms with Crippen molar-refractivity contribution >= 4 is 93.7 Å². The Balaban J connectivity index is 0.0000199. The van der Waals surface area contributed by atoms with Crippen LogP contribution in [0.4, 0.5) is 0 Å². The van der Waals surface area contributed by atoms with Crippen molar-refractivity contribution in [2.75, 3.05) is 20.2 Å². The molecule has 36 nitrogen and oxygen atoms in total. The fourth-order valence-electron chi connectivity index (χ4n) is 18.3. The minimum absolute atomic E-state index is 0. The fraction of sp³-hybridized carbons (Fsp3) is 0.510. The van der Waals surface area contributed by atoms with Gasteiger partial charge < -0.3 is 109 Å². The molecule has 19 atom stereocenters. The second-order valence-corrected chi connectivity index (χ2v) is 36.8. The number of primary amides is 2. The molecule has 2 aromatic heterocycles. The summed E-state index contributed by atoms with van der Waals surface area (Å²) < 4.78 is 24.5. The van der Waals surface area contributed by atoms with Crippen LogP contribution in [-0.2, 0) is 101 Å². The normalized spacial score (nSPS) is 22.9. The molecule has 19 N–H and O–H groups in total. The number of nitrogens with one attached hydrogen (secondary N) is 11. The SMILES string of the molecule is CN[C@@H](c1ccccc1)[C@@H](OC(=O)CCCC(=O)N[C@H](Cc1ccccc1)C(=O)N[C@@H](CCC(N)=O)C(=O)N[C@@H](Cc1c[nH]c2ccccc12)C(=O)N[C@@H](C)C(=O)N[C@H](C(=O)NCC(=O)N[C@@H](Cc1c[nH]cn1)C(=O)N[C@H](/C=C/[C@@H](CC(C)C)C(N)=O)CC(C)C)C(C)C)C(=O)O[C@H]1C[C@@]2(O)[C@@H](OC(=O)c3ccccc3)[C@@H]3[C@]4(O)CO[C@@H]4C[C@H](O)[C@@]3(C)C(=O)[C@H](O)C(=C1C)C2(C)C.[Ac]. The number of amides is 10. The van der Waals surface area contributed by atoms with Gasteiger partial charge in [0.05, 0.1) is 60.3 Å². The average Bonchev–Trinajstić information content (AvgIpc) is 0.943. The second kappa shape index (κ2) is 46.8. The minimum atomic E-state index is -2.46. The summed E-state index contributed by atoms with van der Waals surface area (Å²) >= 11 is 0. The first-order valence-corrected chi connectivity index (χ1v) is 44.8. The number of fused-ring (bicyclic) bond motifs is 6. The summed E-state index contributed by atoms with van der Waals surface area (Å²) in [5.41, 5.74) is 5.62.